The number of halogens is 1. The smallest absolute Gasteiger partial charge is 0.0466 e. The van der Waals surface area contributed by atoms with E-state index in [1.165, 1.54) is 30.6 Å². The Labute approximate surface area is 101 Å². The Hall–Kier alpha value is -0.340. The number of rotatable bonds is 6. The van der Waals surface area contributed by atoms with Crippen molar-refractivity contribution in [3.63, 3.8) is 0 Å². The fourth-order valence-corrected chi connectivity index (χ4v) is 2.68. The second kappa shape index (κ2) is 7.02. The van der Waals surface area contributed by atoms with E-state index in [9.17, 15) is 0 Å². The minimum absolute atomic E-state index is 0.736. The van der Waals surface area contributed by atoms with Gasteiger partial charge in [-0.3, -0.25) is 0 Å². The van der Waals surface area contributed by atoms with Gasteiger partial charge >= 0.3 is 0 Å². The highest BCUT2D eigenvalue weighted by molar-refractivity contribution is 7.98. The lowest BCUT2D eigenvalue weighted by molar-refractivity contribution is 0.778. The zero-order chi connectivity index (χ0) is 11.1. The molecule has 15 heavy (non-hydrogen) atoms. The van der Waals surface area contributed by atoms with Crippen molar-refractivity contribution in [3.05, 3.63) is 28.8 Å². The largest absolute Gasteiger partial charge is 0.399 e. The first kappa shape index (κ1) is 12.7. The number of benzene rings is 1. The number of thioether (sulfide) groups is 1. The first-order chi connectivity index (χ1) is 7.24. The van der Waals surface area contributed by atoms with E-state index in [4.69, 9.17) is 17.3 Å². The zero-order valence-electron chi connectivity index (χ0n) is 9.13. The quantitative estimate of drug-likeness (QED) is 0.594. The normalized spacial score (nSPS) is 10.5. The van der Waals surface area contributed by atoms with Gasteiger partial charge in [0.15, 0.2) is 0 Å². The summed E-state index contributed by atoms with van der Waals surface area (Å²) >= 11 is 8.02. The third-order valence-corrected chi connectivity index (χ3v) is 3.67. The molecule has 84 valence electrons. The number of nitrogens with two attached hydrogens (primary N) is 1. The van der Waals surface area contributed by atoms with Crippen molar-refractivity contribution >= 4 is 29.1 Å². The van der Waals surface area contributed by atoms with Gasteiger partial charge in [0.2, 0.25) is 0 Å². The predicted octanol–water partition coefficient (Wildman–Crippen LogP) is 4.35. The number of hydrogen-bond acceptors (Lipinski definition) is 2. The van der Waals surface area contributed by atoms with Crippen LogP contribution in [0, 0.1) is 0 Å². The Morgan fingerprint density at radius 1 is 1.33 bits per heavy atom. The molecule has 0 amide bonds. The van der Waals surface area contributed by atoms with Crippen LogP contribution >= 0.6 is 23.4 Å². The number of unbranched alkanes of at least 4 members (excludes halogenated alkanes) is 2. The molecule has 0 bridgehead atoms. The SMILES string of the molecule is CCCCCSCc1ccc(N)cc1Cl. The maximum Gasteiger partial charge on any atom is 0.0466 e. The molecule has 0 aliphatic heterocycles. The Balaban J connectivity index is 2.31. The molecule has 0 aliphatic rings. The summed E-state index contributed by atoms with van der Waals surface area (Å²) in [5.74, 6) is 2.21. The molecule has 0 fully saturated rings. The van der Waals surface area contributed by atoms with Crippen LogP contribution in [0.5, 0.6) is 0 Å². The molecule has 1 nitrogen and oxygen atoms in total. The van der Waals surface area contributed by atoms with E-state index in [0.717, 1.165) is 16.5 Å². The van der Waals surface area contributed by atoms with Crippen LogP contribution in [0.15, 0.2) is 18.2 Å². The molecule has 0 aliphatic carbocycles. The predicted molar refractivity (Wildman–Crippen MR) is 71.6 cm³/mol. The van der Waals surface area contributed by atoms with E-state index < -0.39 is 0 Å². The second-order valence-corrected chi connectivity index (χ2v) is 5.12. The number of nitrogen functional groups attached to an aromatic ring is 1. The molecule has 1 aromatic rings. The van der Waals surface area contributed by atoms with Crippen molar-refractivity contribution in [2.45, 2.75) is 31.9 Å². The molecular weight excluding hydrogens is 226 g/mol. The highest BCUT2D eigenvalue weighted by Crippen LogP contribution is 2.23. The van der Waals surface area contributed by atoms with E-state index in [1.54, 1.807) is 0 Å². The lowest BCUT2D eigenvalue weighted by Crippen LogP contribution is -1.89. The molecule has 1 rings (SSSR count). The Kier molecular flexibility index (Phi) is 5.96. The molecule has 0 unspecified atom stereocenters. The van der Waals surface area contributed by atoms with Crippen LogP contribution in [-0.2, 0) is 5.75 Å². The Morgan fingerprint density at radius 3 is 2.80 bits per heavy atom. The molecule has 3 heteroatoms. The van der Waals surface area contributed by atoms with Crippen molar-refractivity contribution in [2.24, 2.45) is 0 Å². The van der Waals surface area contributed by atoms with E-state index >= 15 is 0 Å². The third kappa shape index (κ3) is 4.80. The molecule has 0 heterocycles. The van der Waals surface area contributed by atoms with Gasteiger partial charge in [-0.15, -0.1) is 0 Å². The van der Waals surface area contributed by atoms with Gasteiger partial charge in [-0.1, -0.05) is 37.4 Å². The molecule has 0 atom stereocenters. The lowest BCUT2D eigenvalue weighted by atomic mass is 10.2. The third-order valence-electron chi connectivity index (χ3n) is 2.23. The summed E-state index contributed by atoms with van der Waals surface area (Å²) in [5, 5.41) is 0.790. The standard InChI is InChI=1S/C12H18ClNS/c1-2-3-4-7-15-9-10-5-6-11(14)8-12(10)13/h5-6,8H,2-4,7,9,14H2,1H3. The highest BCUT2D eigenvalue weighted by Gasteiger charge is 2.00. The van der Waals surface area contributed by atoms with E-state index in [2.05, 4.69) is 6.92 Å². The van der Waals surface area contributed by atoms with Crippen LogP contribution in [0.4, 0.5) is 5.69 Å². The van der Waals surface area contributed by atoms with Crippen molar-refractivity contribution < 1.29 is 0 Å². The maximum absolute atomic E-state index is 6.08. The lowest BCUT2D eigenvalue weighted by Gasteiger charge is -2.04. The summed E-state index contributed by atoms with van der Waals surface area (Å²) in [5.41, 5.74) is 7.55. The van der Waals surface area contributed by atoms with Crippen LogP contribution in [-0.4, -0.2) is 5.75 Å². The molecular formula is C12H18ClNS. The van der Waals surface area contributed by atoms with E-state index in [-0.39, 0.29) is 0 Å². The molecule has 0 saturated carbocycles. The van der Waals surface area contributed by atoms with Gasteiger partial charge in [0.25, 0.3) is 0 Å². The summed E-state index contributed by atoms with van der Waals surface area (Å²) in [6.45, 7) is 2.22. The fraction of sp³-hybridized carbons (Fsp3) is 0.500. The number of hydrogen-bond donors (Lipinski definition) is 1. The fourth-order valence-electron chi connectivity index (χ4n) is 1.32. The first-order valence-electron chi connectivity index (χ1n) is 5.35. The minimum Gasteiger partial charge on any atom is -0.399 e. The van der Waals surface area contributed by atoms with Crippen LogP contribution in [0.2, 0.25) is 5.02 Å². The Morgan fingerprint density at radius 2 is 2.13 bits per heavy atom. The van der Waals surface area contributed by atoms with Crippen LogP contribution in [0.3, 0.4) is 0 Å². The molecule has 1 aromatic carbocycles. The average Bonchev–Trinajstić information content (AvgIpc) is 2.20. The zero-order valence-corrected chi connectivity index (χ0v) is 10.7. The maximum atomic E-state index is 6.08. The summed E-state index contributed by atoms with van der Waals surface area (Å²) in [4.78, 5) is 0. The van der Waals surface area contributed by atoms with E-state index in [0.29, 0.717) is 0 Å². The van der Waals surface area contributed by atoms with E-state index in [1.807, 2.05) is 30.0 Å². The topological polar surface area (TPSA) is 26.0 Å². The Bertz CT molecular complexity index is 302. The summed E-state index contributed by atoms with van der Waals surface area (Å²) < 4.78 is 0. The first-order valence-corrected chi connectivity index (χ1v) is 6.89. The van der Waals surface area contributed by atoms with Gasteiger partial charge in [-0.25, -0.2) is 0 Å². The summed E-state index contributed by atoms with van der Waals surface area (Å²) in [7, 11) is 0. The molecule has 0 saturated heterocycles. The second-order valence-electron chi connectivity index (χ2n) is 3.61. The summed E-state index contributed by atoms with van der Waals surface area (Å²) in [6, 6.07) is 5.75. The van der Waals surface area contributed by atoms with Gasteiger partial charge < -0.3 is 5.73 Å². The average molecular weight is 244 g/mol. The van der Waals surface area contributed by atoms with Crippen molar-refractivity contribution in [3.8, 4) is 0 Å². The van der Waals surface area contributed by atoms with Crippen molar-refractivity contribution in [1.29, 1.82) is 0 Å². The van der Waals surface area contributed by atoms with Gasteiger partial charge in [-0.05, 0) is 29.9 Å². The van der Waals surface area contributed by atoms with Gasteiger partial charge in [-0.2, -0.15) is 11.8 Å². The van der Waals surface area contributed by atoms with Gasteiger partial charge in [0, 0.05) is 16.5 Å². The molecule has 0 aromatic heterocycles. The minimum atomic E-state index is 0.736. The number of anilines is 1. The summed E-state index contributed by atoms with van der Waals surface area (Å²) in [6.07, 6.45) is 3.90. The molecule has 0 radical (unpaired) electrons. The van der Waals surface area contributed by atoms with Crippen molar-refractivity contribution in [2.75, 3.05) is 11.5 Å². The van der Waals surface area contributed by atoms with Crippen LogP contribution in [0.1, 0.15) is 31.7 Å². The van der Waals surface area contributed by atoms with Crippen LogP contribution < -0.4 is 5.73 Å². The monoisotopic (exact) mass is 243 g/mol. The van der Waals surface area contributed by atoms with Gasteiger partial charge in [0.05, 0.1) is 0 Å². The molecule has 0 spiro atoms. The highest BCUT2D eigenvalue weighted by atomic mass is 35.5. The van der Waals surface area contributed by atoms with Crippen molar-refractivity contribution in [1.82, 2.24) is 0 Å². The van der Waals surface area contributed by atoms with Crippen LogP contribution in [0.25, 0.3) is 0 Å². The van der Waals surface area contributed by atoms with Gasteiger partial charge in [0.1, 0.15) is 0 Å². The molecule has 2 N–H and O–H groups in total.